The first-order valence-electron chi connectivity index (χ1n) is 12.4. The summed E-state index contributed by atoms with van der Waals surface area (Å²) >= 11 is 0. The quantitative estimate of drug-likeness (QED) is 0.282. The first-order chi connectivity index (χ1) is 18.5. The number of halogens is 2. The fraction of sp³-hybridized carbons (Fsp3) is 0.267. The maximum absolute atomic E-state index is 14.9. The molecule has 0 amide bonds. The molecule has 0 aliphatic carbocycles. The van der Waals surface area contributed by atoms with Crippen molar-refractivity contribution < 1.29 is 28.1 Å². The number of aliphatic hydroxyl groups is 2. The van der Waals surface area contributed by atoms with Gasteiger partial charge >= 0.3 is 0 Å². The molecule has 2 N–H and O–H groups in total. The number of hydrogen-bond donors (Lipinski definition) is 2. The second-order valence-corrected chi connectivity index (χ2v) is 9.64. The van der Waals surface area contributed by atoms with Crippen molar-refractivity contribution in [3.63, 3.8) is 0 Å². The Labute approximate surface area is 224 Å². The van der Waals surface area contributed by atoms with Crippen LogP contribution < -0.4 is 5.56 Å². The lowest BCUT2D eigenvalue weighted by molar-refractivity contribution is 0.109. The summed E-state index contributed by atoms with van der Waals surface area (Å²) in [5.74, 6) is -1.18. The number of ether oxygens (including phenoxy) is 1. The molecule has 4 rings (SSSR count). The summed E-state index contributed by atoms with van der Waals surface area (Å²) in [5, 5.41) is 19.8. The minimum absolute atomic E-state index is 0.0300. The predicted molar refractivity (Wildman–Crippen MR) is 145 cm³/mol. The van der Waals surface area contributed by atoms with E-state index in [2.05, 4.69) is 11.6 Å². The zero-order valence-electron chi connectivity index (χ0n) is 22.2. The van der Waals surface area contributed by atoms with E-state index in [-0.39, 0.29) is 28.5 Å². The lowest BCUT2D eigenvalue weighted by Gasteiger charge is -2.19. The zero-order valence-corrected chi connectivity index (χ0v) is 22.2. The Morgan fingerprint density at radius 2 is 1.77 bits per heavy atom. The maximum atomic E-state index is 14.9. The van der Waals surface area contributed by atoms with Crippen LogP contribution in [0.5, 0.6) is 0 Å². The highest BCUT2D eigenvalue weighted by atomic mass is 19.1. The molecule has 7 nitrogen and oxygen atoms in total. The second-order valence-electron chi connectivity index (χ2n) is 9.64. The van der Waals surface area contributed by atoms with Gasteiger partial charge in [0, 0.05) is 29.5 Å². The molecule has 2 aromatic heterocycles. The number of oxazole rings is 1. The molecule has 0 aliphatic rings. The number of hydrogen-bond acceptors (Lipinski definition) is 6. The molecule has 0 atom stereocenters. The Hall–Kier alpha value is -4.08. The van der Waals surface area contributed by atoms with Crippen LogP contribution in [0.25, 0.3) is 34.0 Å². The third-order valence-corrected chi connectivity index (χ3v) is 6.57. The highest BCUT2D eigenvalue weighted by Gasteiger charge is 2.33. The number of benzene rings is 2. The summed E-state index contributed by atoms with van der Waals surface area (Å²) in [5.41, 5.74) is 1.95. The Bertz CT molecular complexity index is 1580. The van der Waals surface area contributed by atoms with Crippen LogP contribution in [0.4, 0.5) is 8.78 Å². The van der Waals surface area contributed by atoms with Crippen LogP contribution in [-0.2, 0) is 10.2 Å². The molecule has 0 spiro atoms. The van der Waals surface area contributed by atoms with E-state index < -0.39 is 30.3 Å². The minimum atomic E-state index is -1.27. The van der Waals surface area contributed by atoms with Crippen molar-refractivity contribution in [2.45, 2.75) is 33.1 Å². The van der Waals surface area contributed by atoms with Gasteiger partial charge in [-0.3, -0.25) is 9.36 Å². The molecule has 204 valence electrons. The van der Waals surface area contributed by atoms with Crippen LogP contribution in [0.3, 0.4) is 0 Å². The van der Waals surface area contributed by atoms with E-state index in [1.54, 1.807) is 13.1 Å². The normalized spacial score (nSPS) is 11.6. The van der Waals surface area contributed by atoms with Crippen molar-refractivity contribution in [1.82, 2.24) is 9.55 Å². The molecule has 0 bridgehead atoms. The smallest absolute Gasteiger partial charge is 0.255 e. The summed E-state index contributed by atoms with van der Waals surface area (Å²) in [6.45, 7) is 10.6. The molecule has 9 heteroatoms. The molecule has 2 aromatic carbocycles. The largest absolute Gasteiger partial charge is 0.494 e. The number of nitrogens with zero attached hydrogens (tertiary/aromatic N) is 2. The first-order valence-corrected chi connectivity index (χ1v) is 12.4. The van der Waals surface area contributed by atoms with Gasteiger partial charge in [-0.05, 0) is 69.2 Å². The summed E-state index contributed by atoms with van der Waals surface area (Å²) in [6.07, 6.45) is 1.57. The molecular weight excluding hydrogens is 506 g/mol. The first kappa shape index (κ1) is 27.9. The third kappa shape index (κ3) is 5.28. The van der Waals surface area contributed by atoms with Gasteiger partial charge in [0.15, 0.2) is 5.76 Å². The summed E-state index contributed by atoms with van der Waals surface area (Å²) in [6, 6.07) is 9.68. The molecule has 0 aliphatic heterocycles. The fourth-order valence-corrected chi connectivity index (χ4v) is 4.37. The minimum Gasteiger partial charge on any atom is -0.494 e. The molecule has 4 aromatic rings. The Kier molecular flexibility index (Phi) is 7.85. The Balaban J connectivity index is 1.93. The molecule has 0 unspecified atom stereocenters. The second kappa shape index (κ2) is 11.0. The van der Waals surface area contributed by atoms with Gasteiger partial charge in [0.05, 0.1) is 36.5 Å². The lowest BCUT2D eigenvalue weighted by atomic mass is 9.93. The van der Waals surface area contributed by atoms with Crippen molar-refractivity contribution in [1.29, 1.82) is 0 Å². The van der Waals surface area contributed by atoms with Crippen molar-refractivity contribution in [3.05, 3.63) is 99.8 Å². The molecule has 0 saturated carbocycles. The monoisotopic (exact) mass is 536 g/mol. The van der Waals surface area contributed by atoms with Crippen LogP contribution in [0, 0.1) is 25.5 Å². The van der Waals surface area contributed by atoms with Crippen LogP contribution >= 0.6 is 0 Å². The fourth-order valence-electron chi connectivity index (χ4n) is 4.37. The van der Waals surface area contributed by atoms with Crippen molar-refractivity contribution >= 4 is 5.76 Å². The van der Waals surface area contributed by atoms with Gasteiger partial charge in [-0.25, -0.2) is 13.8 Å². The van der Waals surface area contributed by atoms with Crippen LogP contribution in [0.1, 0.15) is 36.4 Å². The van der Waals surface area contributed by atoms with Gasteiger partial charge in [-0.1, -0.05) is 6.58 Å². The molecule has 0 fully saturated rings. The molecule has 39 heavy (non-hydrogen) atoms. The number of pyridine rings is 1. The van der Waals surface area contributed by atoms with E-state index in [0.29, 0.717) is 23.6 Å². The topological polar surface area (TPSA) is 97.7 Å². The molecule has 2 heterocycles. The van der Waals surface area contributed by atoms with E-state index in [9.17, 15) is 23.8 Å². The number of rotatable bonds is 9. The lowest BCUT2D eigenvalue weighted by Crippen LogP contribution is -2.31. The van der Waals surface area contributed by atoms with Gasteiger partial charge in [0.1, 0.15) is 23.1 Å². The van der Waals surface area contributed by atoms with Crippen molar-refractivity contribution in [2.75, 3.05) is 19.8 Å². The van der Waals surface area contributed by atoms with Crippen molar-refractivity contribution in [2.24, 2.45) is 0 Å². The van der Waals surface area contributed by atoms with Crippen molar-refractivity contribution in [3.8, 4) is 28.3 Å². The number of aromatic nitrogens is 2. The van der Waals surface area contributed by atoms with Gasteiger partial charge < -0.3 is 19.4 Å². The van der Waals surface area contributed by atoms with E-state index in [4.69, 9.17) is 9.15 Å². The maximum Gasteiger partial charge on any atom is 0.255 e. The van der Waals surface area contributed by atoms with Gasteiger partial charge in [0.2, 0.25) is 5.89 Å². The van der Waals surface area contributed by atoms with Crippen LogP contribution in [0.15, 0.2) is 64.5 Å². The van der Waals surface area contributed by atoms with E-state index in [1.165, 1.54) is 22.8 Å². The van der Waals surface area contributed by atoms with E-state index in [0.717, 1.165) is 28.8 Å². The molecule has 0 saturated heterocycles. The molecular formula is C30H30F2N2O5. The average molecular weight is 537 g/mol. The Morgan fingerprint density at radius 3 is 2.36 bits per heavy atom. The summed E-state index contributed by atoms with van der Waals surface area (Å²) in [4.78, 5) is 17.6. The van der Waals surface area contributed by atoms with Crippen LogP contribution in [-0.4, -0.2) is 39.6 Å². The zero-order chi connectivity index (χ0) is 28.5. The van der Waals surface area contributed by atoms with Gasteiger partial charge in [-0.2, -0.15) is 0 Å². The number of aliphatic hydroxyl groups excluding tert-OH is 2. The average Bonchev–Trinajstić information content (AvgIpc) is 3.34. The van der Waals surface area contributed by atoms with E-state index >= 15 is 0 Å². The third-order valence-electron chi connectivity index (χ3n) is 6.57. The summed E-state index contributed by atoms with van der Waals surface area (Å²) in [7, 11) is 0. The van der Waals surface area contributed by atoms with E-state index in [1.807, 2.05) is 32.9 Å². The van der Waals surface area contributed by atoms with Crippen LogP contribution in [0.2, 0.25) is 0 Å². The van der Waals surface area contributed by atoms with Gasteiger partial charge in [0.25, 0.3) is 5.56 Å². The Morgan fingerprint density at radius 1 is 1.10 bits per heavy atom. The highest BCUT2D eigenvalue weighted by molar-refractivity contribution is 5.77. The standard InChI is InChI=1S/C30H30F2N2O5/c1-6-38-19(4)21-11-17(2)27(18(3)12-21)34-14-20(7-10-25(34)37)26-28(23-9-8-22(31)13-24(23)32)39-29(33-26)30(5,15-35)16-36/h7-14,35-36H,4,6,15-16H2,1-3,5H3. The summed E-state index contributed by atoms with van der Waals surface area (Å²) < 4.78 is 41.4. The predicted octanol–water partition coefficient (Wildman–Crippen LogP) is 5.30. The molecule has 0 radical (unpaired) electrons. The number of aryl methyl sites for hydroxylation is 2. The van der Waals surface area contributed by atoms with Gasteiger partial charge in [-0.15, -0.1) is 0 Å². The SMILES string of the molecule is C=C(OCC)c1cc(C)c(-n2cc(-c3nc(C(C)(CO)CO)oc3-c3ccc(F)cc3F)ccc2=O)c(C)c1. The highest BCUT2D eigenvalue weighted by Crippen LogP contribution is 2.38.